The molecule has 0 atom stereocenters. The van der Waals surface area contributed by atoms with Gasteiger partial charge >= 0.3 is 6.09 Å². The number of amides is 1. The van der Waals surface area contributed by atoms with Crippen LogP contribution in [-0.2, 0) is 4.74 Å². The average Bonchev–Trinajstić information content (AvgIpc) is 2.09. The van der Waals surface area contributed by atoms with E-state index < -0.39 is 11.7 Å². The molecular weight excluding hydrogens is 228 g/mol. The van der Waals surface area contributed by atoms with Gasteiger partial charge in [0.15, 0.2) is 0 Å². The largest absolute Gasteiger partial charge is 0.444 e. The van der Waals surface area contributed by atoms with Crippen molar-refractivity contribution < 1.29 is 9.53 Å². The molecule has 88 valence electrons. The molecule has 0 aliphatic rings. The van der Waals surface area contributed by atoms with Crippen molar-refractivity contribution in [2.24, 2.45) is 0 Å². The number of anilines is 2. The lowest BCUT2D eigenvalue weighted by atomic mass is 10.2. The van der Waals surface area contributed by atoms with E-state index in [-0.39, 0.29) is 0 Å². The average molecular weight is 243 g/mol. The maximum atomic E-state index is 11.5. The molecule has 0 spiro atoms. The lowest BCUT2D eigenvalue weighted by molar-refractivity contribution is 0.0636. The summed E-state index contributed by atoms with van der Waals surface area (Å²) in [7, 11) is 0. The Balaban J connectivity index is 2.74. The zero-order valence-electron chi connectivity index (χ0n) is 9.50. The Kier molecular flexibility index (Phi) is 3.65. The van der Waals surface area contributed by atoms with Crippen molar-refractivity contribution in [3.8, 4) is 0 Å². The van der Waals surface area contributed by atoms with Gasteiger partial charge in [0.1, 0.15) is 5.60 Å². The standard InChI is InChI=1S/C11H15ClN2O2/c1-11(2,3)16-10(15)14-8-6-4-5-7(13)9(8)12/h4-6H,13H2,1-3H3,(H,14,15). The summed E-state index contributed by atoms with van der Waals surface area (Å²) in [6, 6.07) is 5.01. The molecule has 5 heteroatoms. The number of halogens is 1. The molecule has 0 aliphatic heterocycles. The Bertz CT molecular complexity index is 399. The predicted molar refractivity (Wildman–Crippen MR) is 65.7 cm³/mol. The van der Waals surface area contributed by atoms with E-state index in [1.165, 1.54) is 0 Å². The molecule has 0 aliphatic carbocycles. The molecule has 3 N–H and O–H groups in total. The first-order valence-electron chi connectivity index (χ1n) is 4.83. The van der Waals surface area contributed by atoms with Gasteiger partial charge in [-0.25, -0.2) is 4.79 Å². The minimum atomic E-state index is -0.556. The number of benzene rings is 1. The van der Waals surface area contributed by atoms with Crippen LogP contribution < -0.4 is 11.1 Å². The van der Waals surface area contributed by atoms with Crippen LogP contribution in [0.4, 0.5) is 16.2 Å². The number of nitrogen functional groups attached to an aromatic ring is 1. The third-order valence-corrected chi connectivity index (χ3v) is 2.09. The van der Waals surface area contributed by atoms with Gasteiger partial charge < -0.3 is 10.5 Å². The number of hydrogen-bond acceptors (Lipinski definition) is 3. The van der Waals surface area contributed by atoms with E-state index in [0.29, 0.717) is 16.4 Å². The normalized spacial score (nSPS) is 11.0. The van der Waals surface area contributed by atoms with Gasteiger partial charge in [0.2, 0.25) is 0 Å². The summed E-state index contributed by atoms with van der Waals surface area (Å²) in [4.78, 5) is 11.5. The van der Waals surface area contributed by atoms with Crippen molar-refractivity contribution in [2.45, 2.75) is 26.4 Å². The van der Waals surface area contributed by atoms with Gasteiger partial charge in [-0.15, -0.1) is 0 Å². The summed E-state index contributed by atoms with van der Waals surface area (Å²) in [6.07, 6.45) is -0.556. The Morgan fingerprint density at radius 1 is 1.44 bits per heavy atom. The van der Waals surface area contributed by atoms with Crippen LogP contribution in [0.3, 0.4) is 0 Å². The fourth-order valence-corrected chi connectivity index (χ4v) is 1.23. The van der Waals surface area contributed by atoms with E-state index in [0.717, 1.165) is 0 Å². The fourth-order valence-electron chi connectivity index (χ4n) is 1.06. The van der Waals surface area contributed by atoms with Crippen molar-refractivity contribution in [3.05, 3.63) is 23.2 Å². The van der Waals surface area contributed by atoms with Gasteiger partial charge in [0.05, 0.1) is 16.4 Å². The molecular formula is C11H15ClN2O2. The highest BCUT2D eigenvalue weighted by molar-refractivity contribution is 6.36. The summed E-state index contributed by atoms with van der Waals surface area (Å²) in [5, 5.41) is 2.85. The molecule has 0 bridgehead atoms. The summed E-state index contributed by atoms with van der Waals surface area (Å²) >= 11 is 5.91. The monoisotopic (exact) mass is 242 g/mol. The molecule has 1 aromatic rings. The fraction of sp³-hybridized carbons (Fsp3) is 0.364. The van der Waals surface area contributed by atoms with Crippen LogP contribution in [0.5, 0.6) is 0 Å². The first kappa shape index (κ1) is 12.6. The molecule has 0 saturated heterocycles. The van der Waals surface area contributed by atoms with Crippen molar-refractivity contribution in [3.63, 3.8) is 0 Å². The maximum absolute atomic E-state index is 11.5. The molecule has 16 heavy (non-hydrogen) atoms. The first-order valence-corrected chi connectivity index (χ1v) is 5.21. The van der Waals surface area contributed by atoms with E-state index in [1.807, 2.05) is 0 Å². The highest BCUT2D eigenvalue weighted by Gasteiger charge is 2.17. The highest BCUT2D eigenvalue weighted by Crippen LogP contribution is 2.27. The smallest absolute Gasteiger partial charge is 0.412 e. The van der Waals surface area contributed by atoms with E-state index in [2.05, 4.69) is 5.32 Å². The molecule has 0 fully saturated rings. The molecule has 0 radical (unpaired) electrons. The number of carbonyl (C=O) groups excluding carboxylic acids is 1. The van der Waals surface area contributed by atoms with E-state index in [1.54, 1.807) is 39.0 Å². The van der Waals surface area contributed by atoms with Crippen LogP contribution in [0.1, 0.15) is 20.8 Å². The predicted octanol–water partition coefficient (Wildman–Crippen LogP) is 3.27. The highest BCUT2D eigenvalue weighted by atomic mass is 35.5. The minimum absolute atomic E-state index is 0.313. The maximum Gasteiger partial charge on any atom is 0.412 e. The quantitative estimate of drug-likeness (QED) is 0.743. The van der Waals surface area contributed by atoms with Gasteiger partial charge in [0.25, 0.3) is 0 Å². The van der Waals surface area contributed by atoms with Crippen molar-refractivity contribution >= 4 is 29.1 Å². The molecule has 0 unspecified atom stereocenters. The van der Waals surface area contributed by atoms with Gasteiger partial charge in [-0.05, 0) is 32.9 Å². The molecule has 1 amide bonds. The lowest BCUT2D eigenvalue weighted by Crippen LogP contribution is -2.27. The molecule has 0 aromatic heterocycles. The first-order chi connectivity index (χ1) is 7.29. The number of nitrogens with one attached hydrogen (secondary N) is 1. The number of nitrogens with two attached hydrogens (primary N) is 1. The number of carbonyl (C=O) groups is 1. The molecule has 0 heterocycles. The Hall–Kier alpha value is -1.42. The van der Waals surface area contributed by atoms with Crippen LogP contribution in [0.15, 0.2) is 18.2 Å². The Morgan fingerprint density at radius 3 is 2.62 bits per heavy atom. The number of hydrogen-bond donors (Lipinski definition) is 2. The minimum Gasteiger partial charge on any atom is -0.444 e. The summed E-state index contributed by atoms with van der Waals surface area (Å²) in [5.74, 6) is 0. The SMILES string of the molecule is CC(C)(C)OC(=O)Nc1cccc(N)c1Cl. The Morgan fingerprint density at radius 2 is 2.06 bits per heavy atom. The second-order valence-electron chi connectivity index (χ2n) is 4.34. The molecule has 1 aromatic carbocycles. The van der Waals surface area contributed by atoms with Crippen molar-refractivity contribution in [2.75, 3.05) is 11.1 Å². The van der Waals surface area contributed by atoms with E-state index in [9.17, 15) is 4.79 Å². The summed E-state index contributed by atoms with van der Waals surface area (Å²) < 4.78 is 5.09. The van der Waals surface area contributed by atoms with Gasteiger partial charge in [-0.1, -0.05) is 17.7 Å². The number of rotatable bonds is 1. The second-order valence-corrected chi connectivity index (χ2v) is 4.71. The van der Waals surface area contributed by atoms with Crippen molar-refractivity contribution in [1.82, 2.24) is 0 Å². The Labute approximate surface area is 99.7 Å². The molecule has 0 saturated carbocycles. The topological polar surface area (TPSA) is 64.3 Å². The van der Waals surface area contributed by atoms with Crippen LogP contribution in [-0.4, -0.2) is 11.7 Å². The zero-order chi connectivity index (χ0) is 12.3. The van der Waals surface area contributed by atoms with Crippen LogP contribution in [0, 0.1) is 0 Å². The summed E-state index contributed by atoms with van der Waals surface area (Å²) in [5.41, 5.74) is 5.91. The third-order valence-electron chi connectivity index (χ3n) is 1.66. The van der Waals surface area contributed by atoms with Crippen LogP contribution in [0.25, 0.3) is 0 Å². The summed E-state index contributed by atoms with van der Waals surface area (Å²) in [6.45, 7) is 5.36. The lowest BCUT2D eigenvalue weighted by Gasteiger charge is -2.20. The van der Waals surface area contributed by atoms with Gasteiger partial charge in [0, 0.05) is 0 Å². The second kappa shape index (κ2) is 4.61. The molecule has 1 rings (SSSR count). The zero-order valence-corrected chi connectivity index (χ0v) is 10.3. The van der Waals surface area contributed by atoms with E-state index in [4.69, 9.17) is 22.1 Å². The van der Waals surface area contributed by atoms with E-state index >= 15 is 0 Å². The molecule has 4 nitrogen and oxygen atoms in total. The van der Waals surface area contributed by atoms with Gasteiger partial charge in [-0.2, -0.15) is 0 Å². The van der Waals surface area contributed by atoms with Crippen LogP contribution in [0.2, 0.25) is 5.02 Å². The van der Waals surface area contributed by atoms with Crippen molar-refractivity contribution in [1.29, 1.82) is 0 Å². The number of ether oxygens (including phenoxy) is 1. The van der Waals surface area contributed by atoms with Gasteiger partial charge in [-0.3, -0.25) is 5.32 Å². The van der Waals surface area contributed by atoms with Crippen LogP contribution >= 0.6 is 11.6 Å². The third kappa shape index (κ3) is 3.62.